The van der Waals surface area contributed by atoms with Gasteiger partial charge in [-0.2, -0.15) is 0 Å². The standard InChI is InChI=1S/C88H172O17P2/c1-9-80(7)66-58-50-42-34-28-22-17-19-25-31-37-45-54-62-70-87(92)104-83(74-98-85(90)68-60-52-44-36-30-24-16-14-12-11-13-15-21-27-33-40-48-56-64-78(3)4)76-102-106(94,95)100-72-82(89)73-101-107(96,97)103-77-84(75-99-86(91)69-61-53-47-39-41-49-57-65-79(5)6)105-88(93)71-63-55-46-38-32-26-20-18-23-29-35-43-51-59-67-81(8)10-2/h78-84,89H,9-77H2,1-8H3,(H,94,95)(H,96,97)/t80?,81?,82?,83-,84-/m1/s1. The lowest BCUT2D eigenvalue weighted by Gasteiger charge is -2.21. The van der Waals surface area contributed by atoms with Crippen molar-refractivity contribution in [3.8, 4) is 0 Å². The second-order valence-electron chi connectivity index (χ2n) is 33.1. The number of carbonyl (C=O) groups excluding carboxylic acids is 4. The third-order valence-corrected chi connectivity index (χ3v) is 23.2. The molecule has 0 fully saturated rings. The highest BCUT2D eigenvalue weighted by atomic mass is 31.2. The molecule has 0 aliphatic heterocycles. The Morgan fingerprint density at radius 2 is 0.449 bits per heavy atom. The first-order valence-corrected chi connectivity index (χ1v) is 48.3. The van der Waals surface area contributed by atoms with Gasteiger partial charge in [0.15, 0.2) is 12.2 Å². The van der Waals surface area contributed by atoms with Crippen molar-refractivity contribution < 1.29 is 80.2 Å². The summed E-state index contributed by atoms with van der Waals surface area (Å²) in [6.07, 6.45) is 66.6. The summed E-state index contributed by atoms with van der Waals surface area (Å²) in [5, 5.41) is 10.7. The molecular weight excluding hydrogens is 1390 g/mol. The topological polar surface area (TPSA) is 237 Å². The van der Waals surface area contributed by atoms with Crippen molar-refractivity contribution in [1.29, 1.82) is 0 Å². The van der Waals surface area contributed by atoms with E-state index in [2.05, 4.69) is 55.4 Å². The number of ether oxygens (including phenoxy) is 4. The second-order valence-corrected chi connectivity index (χ2v) is 36.0. The zero-order chi connectivity index (χ0) is 78.8. The van der Waals surface area contributed by atoms with Gasteiger partial charge in [0.05, 0.1) is 26.4 Å². The number of aliphatic hydroxyl groups excluding tert-OH is 1. The normalized spacial score (nSPS) is 14.4. The van der Waals surface area contributed by atoms with Crippen LogP contribution in [0.25, 0.3) is 0 Å². The highest BCUT2D eigenvalue weighted by Gasteiger charge is 2.31. The van der Waals surface area contributed by atoms with Crippen LogP contribution >= 0.6 is 15.6 Å². The molecule has 0 heterocycles. The number of hydrogen-bond acceptors (Lipinski definition) is 15. The summed E-state index contributed by atoms with van der Waals surface area (Å²) in [6.45, 7) is 14.4. The van der Waals surface area contributed by atoms with Crippen LogP contribution in [-0.4, -0.2) is 96.7 Å². The third-order valence-electron chi connectivity index (χ3n) is 21.3. The number of carbonyl (C=O) groups is 4. The molecule has 107 heavy (non-hydrogen) atoms. The highest BCUT2D eigenvalue weighted by Crippen LogP contribution is 2.45. The molecule has 0 aliphatic rings. The maximum Gasteiger partial charge on any atom is 0.472 e. The molecule has 0 aromatic carbocycles. The van der Waals surface area contributed by atoms with E-state index in [1.165, 1.54) is 257 Å². The molecule has 3 N–H and O–H groups in total. The Labute approximate surface area is 658 Å². The molecule has 0 bridgehead atoms. The molecule has 0 saturated heterocycles. The molecule has 0 radical (unpaired) electrons. The van der Waals surface area contributed by atoms with Gasteiger partial charge >= 0.3 is 39.5 Å². The molecule has 0 aliphatic carbocycles. The van der Waals surface area contributed by atoms with E-state index in [0.29, 0.717) is 31.6 Å². The summed E-state index contributed by atoms with van der Waals surface area (Å²) in [5.41, 5.74) is 0. The van der Waals surface area contributed by atoms with E-state index in [0.717, 1.165) is 114 Å². The molecule has 0 aromatic rings. The molecule has 636 valence electrons. The van der Waals surface area contributed by atoms with Crippen LogP contribution in [0, 0.1) is 23.7 Å². The van der Waals surface area contributed by atoms with Gasteiger partial charge in [0.25, 0.3) is 0 Å². The van der Waals surface area contributed by atoms with E-state index in [4.69, 9.17) is 37.0 Å². The van der Waals surface area contributed by atoms with Gasteiger partial charge in [0.2, 0.25) is 0 Å². The van der Waals surface area contributed by atoms with Crippen LogP contribution in [-0.2, 0) is 65.4 Å². The van der Waals surface area contributed by atoms with Crippen molar-refractivity contribution in [2.45, 2.75) is 478 Å². The van der Waals surface area contributed by atoms with Gasteiger partial charge < -0.3 is 33.8 Å². The zero-order valence-corrected chi connectivity index (χ0v) is 72.6. The van der Waals surface area contributed by atoms with Crippen LogP contribution in [0.1, 0.15) is 460 Å². The Kier molecular flexibility index (Phi) is 75.3. The predicted molar refractivity (Wildman–Crippen MR) is 441 cm³/mol. The van der Waals surface area contributed by atoms with Crippen LogP contribution in [0.3, 0.4) is 0 Å². The summed E-state index contributed by atoms with van der Waals surface area (Å²) in [7, 11) is -9.93. The summed E-state index contributed by atoms with van der Waals surface area (Å²) >= 11 is 0. The second kappa shape index (κ2) is 76.7. The monoisotopic (exact) mass is 1560 g/mol. The molecule has 0 spiro atoms. The number of esters is 4. The molecule has 17 nitrogen and oxygen atoms in total. The molecule has 5 unspecified atom stereocenters. The number of unbranched alkanes of at least 4 members (excludes halogenated alkanes) is 49. The fraction of sp³-hybridized carbons (Fsp3) is 0.955. The Bertz CT molecular complexity index is 2080. The lowest BCUT2D eigenvalue weighted by Crippen LogP contribution is -2.30. The summed E-state index contributed by atoms with van der Waals surface area (Å²) in [5.74, 6) is 1.11. The van der Waals surface area contributed by atoms with Gasteiger partial charge in [-0.3, -0.25) is 37.3 Å². The van der Waals surface area contributed by atoms with E-state index in [1.54, 1.807) is 0 Å². The van der Waals surface area contributed by atoms with E-state index in [-0.39, 0.29) is 25.7 Å². The Morgan fingerprint density at radius 1 is 0.262 bits per heavy atom. The number of phosphoric ester groups is 2. The minimum atomic E-state index is -4.97. The van der Waals surface area contributed by atoms with Crippen LogP contribution < -0.4 is 0 Å². The van der Waals surface area contributed by atoms with Crippen LogP contribution in [0.4, 0.5) is 0 Å². The lowest BCUT2D eigenvalue weighted by atomic mass is 9.99. The Hall–Kier alpha value is -1.94. The van der Waals surface area contributed by atoms with Crippen LogP contribution in [0.2, 0.25) is 0 Å². The summed E-state index contributed by atoms with van der Waals surface area (Å²) in [4.78, 5) is 73.3. The first kappa shape index (κ1) is 105. The van der Waals surface area contributed by atoms with Crippen molar-refractivity contribution >= 4 is 39.5 Å². The molecule has 0 saturated carbocycles. The fourth-order valence-corrected chi connectivity index (χ4v) is 15.2. The van der Waals surface area contributed by atoms with E-state index in [9.17, 15) is 43.2 Å². The Balaban J connectivity index is 5.23. The maximum absolute atomic E-state index is 13.2. The minimum absolute atomic E-state index is 0.107. The van der Waals surface area contributed by atoms with Gasteiger partial charge in [-0.15, -0.1) is 0 Å². The molecule has 19 heteroatoms. The summed E-state index contributed by atoms with van der Waals surface area (Å²) < 4.78 is 68.9. The largest absolute Gasteiger partial charge is 0.472 e. The summed E-state index contributed by atoms with van der Waals surface area (Å²) in [6, 6.07) is 0. The van der Waals surface area contributed by atoms with Gasteiger partial charge in [0, 0.05) is 25.7 Å². The molecule has 0 rings (SSSR count). The fourth-order valence-electron chi connectivity index (χ4n) is 13.6. The highest BCUT2D eigenvalue weighted by molar-refractivity contribution is 7.47. The van der Waals surface area contributed by atoms with Crippen molar-refractivity contribution in [3.63, 3.8) is 0 Å². The third kappa shape index (κ3) is 79.1. The molecular formula is C88H172O17P2. The van der Waals surface area contributed by atoms with Gasteiger partial charge in [-0.1, -0.05) is 409 Å². The van der Waals surface area contributed by atoms with Gasteiger partial charge in [-0.25, -0.2) is 9.13 Å². The lowest BCUT2D eigenvalue weighted by molar-refractivity contribution is -0.161. The van der Waals surface area contributed by atoms with Crippen LogP contribution in [0.5, 0.6) is 0 Å². The zero-order valence-electron chi connectivity index (χ0n) is 70.8. The average Bonchev–Trinajstić information content (AvgIpc) is 0.910. The SMILES string of the molecule is CCC(C)CCCCCCCCCCCCCCCCC(=O)O[C@H](COC(=O)CCCCCCCCCCCCCCCCCCCCC(C)C)COP(=O)(O)OCC(O)COP(=O)(O)OC[C@@H](COC(=O)CCCCCCCCCC(C)C)OC(=O)CCCCCCCCCCCCCCCCC(C)CC. The quantitative estimate of drug-likeness (QED) is 0.0222. The maximum atomic E-state index is 13.2. The van der Waals surface area contributed by atoms with Crippen molar-refractivity contribution in [1.82, 2.24) is 0 Å². The van der Waals surface area contributed by atoms with Crippen LogP contribution in [0.15, 0.2) is 0 Å². The minimum Gasteiger partial charge on any atom is -0.462 e. The first-order valence-electron chi connectivity index (χ1n) is 45.3. The van der Waals surface area contributed by atoms with Crippen molar-refractivity contribution in [2.75, 3.05) is 39.6 Å². The van der Waals surface area contributed by atoms with E-state index in [1.807, 2.05) is 0 Å². The molecule has 0 aromatic heterocycles. The smallest absolute Gasteiger partial charge is 0.462 e. The van der Waals surface area contributed by atoms with Crippen molar-refractivity contribution in [2.24, 2.45) is 23.7 Å². The first-order chi connectivity index (χ1) is 51.7. The number of aliphatic hydroxyl groups is 1. The number of phosphoric acid groups is 2. The number of hydrogen-bond donors (Lipinski definition) is 3. The Morgan fingerprint density at radius 3 is 0.664 bits per heavy atom. The predicted octanol–water partition coefficient (Wildman–Crippen LogP) is 26.7. The van der Waals surface area contributed by atoms with E-state index < -0.39 is 97.5 Å². The molecule has 7 atom stereocenters. The van der Waals surface area contributed by atoms with Gasteiger partial charge in [0.1, 0.15) is 19.3 Å². The average molecular weight is 1560 g/mol. The van der Waals surface area contributed by atoms with Crippen molar-refractivity contribution in [3.05, 3.63) is 0 Å². The van der Waals surface area contributed by atoms with Gasteiger partial charge in [-0.05, 0) is 49.4 Å². The van der Waals surface area contributed by atoms with E-state index >= 15 is 0 Å². The molecule has 0 amide bonds. The number of rotatable bonds is 85.